The molecule has 1 aromatic heterocycles. The molecule has 1 aliphatic heterocycles. The van der Waals surface area contributed by atoms with Crippen molar-refractivity contribution >= 4 is 18.0 Å². The van der Waals surface area contributed by atoms with Gasteiger partial charge in [0.1, 0.15) is 17.8 Å². The van der Waals surface area contributed by atoms with Crippen molar-refractivity contribution in [1.29, 1.82) is 0 Å². The molecule has 1 aromatic carbocycles. The van der Waals surface area contributed by atoms with Crippen molar-refractivity contribution < 1.29 is 33.8 Å². The van der Waals surface area contributed by atoms with Crippen LogP contribution >= 0.6 is 0 Å². The fraction of sp³-hybridized carbons (Fsp3) is 0.519. The number of carbonyl (C=O) groups is 3. The van der Waals surface area contributed by atoms with Gasteiger partial charge in [-0.2, -0.15) is 4.98 Å². The summed E-state index contributed by atoms with van der Waals surface area (Å²) in [4.78, 5) is 53.8. The molecule has 12 heteroatoms. The van der Waals surface area contributed by atoms with Crippen molar-refractivity contribution in [3.8, 4) is 17.3 Å². The SMILES string of the molecule is CCOC(=O)ON1CCN(C(=O)[C@H](CCO)NC(=O)c2cc(OC3CCCC3)nc(-c3ccccc3)n2)CC1. The number of aliphatic hydroxyl groups excluding tert-OH is 1. The largest absolute Gasteiger partial charge is 0.527 e. The minimum Gasteiger partial charge on any atom is -0.474 e. The van der Waals surface area contributed by atoms with Crippen molar-refractivity contribution in [2.24, 2.45) is 0 Å². The molecule has 0 spiro atoms. The topological polar surface area (TPSA) is 143 Å². The van der Waals surface area contributed by atoms with Gasteiger partial charge in [0, 0.05) is 31.3 Å². The average Bonchev–Trinajstić information content (AvgIpc) is 3.46. The maximum absolute atomic E-state index is 13.3. The number of hydrogen-bond donors (Lipinski definition) is 2. The maximum Gasteiger partial charge on any atom is 0.527 e. The minimum atomic E-state index is -0.964. The second-order valence-electron chi connectivity index (χ2n) is 9.37. The van der Waals surface area contributed by atoms with Gasteiger partial charge in [-0.25, -0.2) is 9.78 Å². The molecular weight excluding hydrogens is 506 g/mol. The summed E-state index contributed by atoms with van der Waals surface area (Å²) in [6.07, 6.45) is 3.31. The Morgan fingerprint density at radius 3 is 2.46 bits per heavy atom. The number of nitrogens with zero attached hydrogens (tertiary/aromatic N) is 4. The molecule has 2 N–H and O–H groups in total. The molecule has 12 nitrogen and oxygen atoms in total. The van der Waals surface area contributed by atoms with Gasteiger partial charge in [-0.1, -0.05) is 30.3 Å². The number of ether oxygens (including phenoxy) is 2. The second-order valence-corrected chi connectivity index (χ2v) is 9.37. The summed E-state index contributed by atoms with van der Waals surface area (Å²) in [6, 6.07) is 9.82. The second kappa shape index (κ2) is 13.9. The molecule has 210 valence electrons. The van der Waals surface area contributed by atoms with Gasteiger partial charge in [0.05, 0.1) is 19.7 Å². The van der Waals surface area contributed by atoms with Crippen LogP contribution in [0, 0.1) is 0 Å². The van der Waals surface area contributed by atoms with Crippen LogP contribution < -0.4 is 10.1 Å². The van der Waals surface area contributed by atoms with Crippen LogP contribution in [0.2, 0.25) is 0 Å². The molecule has 0 unspecified atom stereocenters. The lowest BCUT2D eigenvalue weighted by atomic mass is 10.1. The minimum absolute atomic E-state index is 0.0339. The number of piperazine rings is 1. The van der Waals surface area contributed by atoms with E-state index in [4.69, 9.17) is 14.3 Å². The van der Waals surface area contributed by atoms with E-state index in [1.165, 1.54) is 11.1 Å². The zero-order chi connectivity index (χ0) is 27.6. The van der Waals surface area contributed by atoms with Gasteiger partial charge in [-0.15, -0.1) is 5.06 Å². The van der Waals surface area contributed by atoms with E-state index >= 15 is 0 Å². The molecule has 1 aliphatic carbocycles. The molecule has 2 amide bonds. The first-order valence-electron chi connectivity index (χ1n) is 13.4. The third-order valence-corrected chi connectivity index (χ3v) is 6.59. The summed E-state index contributed by atoms with van der Waals surface area (Å²) < 4.78 is 10.9. The van der Waals surface area contributed by atoms with Gasteiger partial charge < -0.3 is 29.6 Å². The molecular formula is C27H35N5O7. The molecule has 39 heavy (non-hydrogen) atoms. The number of carbonyl (C=O) groups excluding carboxylic acids is 3. The van der Waals surface area contributed by atoms with Gasteiger partial charge >= 0.3 is 6.16 Å². The van der Waals surface area contributed by atoms with Crippen LogP contribution in [0.15, 0.2) is 36.4 Å². The third-order valence-electron chi connectivity index (χ3n) is 6.59. The molecule has 1 saturated heterocycles. The van der Waals surface area contributed by atoms with Crippen LogP contribution in [0.1, 0.15) is 49.5 Å². The zero-order valence-electron chi connectivity index (χ0n) is 22.1. The first-order valence-corrected chi connectivity index (χ1v) is 13.4. The van der Waals surface area contributed by atoms with E-state index in [1.807, 2.05) is 30.3 Å². The summed E-state index contributed by atoms with van der Waals surface area (Å²) in [7, 11) is 0. The highest BCUT2D eigenvalue weighted by Gasteiger charge is 2.30. The third kappa shape index (κ3) is 7.87. The molecule has 2 aliphatic rings. The summed E-state index contributed by atoms with van der Waals surface area (Å²) in [5, 5.41) is 13.8. The highest BCUT2D eigenvalue weighted by atomic mass is 16.8. The number of nitrogens with one attached hydrogen (secondary N) is 1. The number of aromatic nitrogens is 2. The summed E-state index contributed by atoms with van der Waals surface area (Å²) in [5.41, 5.74) is 0.801. The Kier molecular flexibility index (Phi) is 10.0. The summed E-state index contributed by atoms with van der Waals surface area (Å²) in [6.45, 7) is 2.73. The van der Waals surface area contributed by atoms with Crippen LogP contribution in [0.5, 0.6) is 5.88 Å². The van der Waals surface area contributed by atoms with Gasteiger partial charge in [-0.05, 0) is 39.0 Å². The van der Waals surface area contributed by atoms with Crippen molar-refractivity contribution in [1.82, 2.24) is 25.2 Å². The lowest BCUT2D eigenvalue weighted by Crippen LogP contribution is -2.55. The molecule has 2 heterocycles. The van der Waals surface area contributed by atoms with E-state index in [0.29, 0.717) is 24.8 Å². The van der Waals surface area contributed by atoms with Crippen molar-refractivity contribution in [3.63, 3.8) is 0 Å². The number of aliphatic hydroxyl groups is 1. The summed E-state index contributed by atoms with van der Waals surface area (Å²) >= 11 is 0. The van der Waals surface area contributed by atoms with Crippen molar-refractivity contribution in [3.05, 3.63) is 42.1 Å². The van der Waals surface area contributed by atoms with Crippen molar-refractivity contribution in [2.45, 2.75) is 51.2 Å². The van der Waals surface area contributed by atoms with Gasteiger partial charge in [0.15, 0.2) is 5.82 Å². The molecule has 0 bridgehead atoms. The number of amides is 2. The first kappa shape index (κ1) is 28.2. The van der Waals surface area contributed by atoms with Crippen LogP contribution in [-0.2, 0) is 14.4 Å². The fourth-order valence-electron chi connectivity index (χ4n) is 4.58. The molecule has 2 aromatic rings. The van der Waals surface area contributed by atoms with E-state index in [9.17, 15) is 19.5 Å². The fourth-order valence-corrected chi connectivity index (χ4v) is 4.58. The highest BCUT2D eigenvalue weighted by molar-refractivity contribution is 5.96. The van der Waals surface area contributed by atoms with Crippen molar-refractivity contribution in [2.75, 3.05) is 39.4 Å². The molecule has 4 rings (SSSR count). The van der Waals surface area contributed by atoms with E-state index in [-0.39, 0.29) is 50.4 Å². The zero-order valence-corrected chi connectivity index (χ0v) is 22.1. The van der Waals surface area contributed by atoms with Crippen LogP contribution in [0.3, 0.4) is 0 Å². The number of rotatable bonds is 10. The van der Waals surface area contributed by atoms with Crippen LogP contribution in [-0.4, -0.2) is 94.5 Å². The Morgan fingerprint density at radius 2 is 1.79 bits per heavy atom. The van der Waals surface area contributed by atoms with Crippen LogP contribution in [0.25, 0.3) is 11.4 Å². The van der Waals surface area contributed by atoms with Crippen LogP contribution in [0.4, 0.5) is 4.79 Å². The van der Waals surface area contributed by atoms with E-state index in [2.05, 4.69) is 15.3 Å². The Labute approximate surface area is 227 Å². The lowest BCUT2D eigenvalue weighted by Gasteiger charge is -2.35. The molecule has 1 atom stereocenters. The van der Waals surface area contributed by atoms with Gasteiger partial charge in [0.25, 0.3) is 5.91 Å². The smallest absolute Gasteiger partial charge is 0.474 e. The average molecular weight is 542 g/mol. The predicted molar refractivity (Wildman–Crippen MR) is 140 cm³/mol. The number of hydroxylamine groups is 2. The van der Waals surface area contributed by atoms with E-state index in [1.54, 1.807) is 11.8 Å². The number of hydrogen-bond acceptors (Lipinski definition) is 10. The molecule has 1 saturated carbocycles. The maximum atomic E-state index is 13.3. The monoisotopic (exact) mass is 541 g/mol. The Morgan fingerprint density at radius 1 is 1.08 bits per heavy atom. The predicted octanol–water partition coefficient (Wildman–Crippen LogP) is 2.18. The molecule has 2 fully saturated rings. The molecule has 0 radical (unpaired) electrons. The Bertz CT molecular complexity index is 1120. The Hall–Kier alpha value is -3.77. The van der Waals surface area contributed by atoms with E-state index < -0.39 is 18.1 Å². The summed E-state index contributed by atoms with van der Waals surface area (Å²) in [5.74, 6) is -0.252. The van der Waals surface area contributed by atoms with E-state index in [0.717, 1.165) is 31.2 Å². The first-order chi connectivity index (χ1) is 19.0. The standard InChI is InChI=1S/C27H35N5O7/c1-2-37-27(36)39-32-15-13-31(14-16-32)26(35)21(12-17-33)29-25(34)22-18-23(38-20-10-6-7-11-20)30-24(28-22)19-8-4-3-5-9-19/h3-5,8-9,18,20-21,33H,2,6-7,10-17H2,1H3,(H,29,34)/t21-/m0/s1. The quantitative estimate of drug-likeness (QED) is 0.430. The Balaban J connectivity index is 1.45. The van der Waals surface area contributed by atoms with Gasteiger partial charge in [-0.3, -0.25) is 9.59 Å². The van der Waals surface area contributed by atoms with Gasteiger partial charge in [0.2, 0.25) is 11.8 Å². The normalized spacial score (nSPS) is 16.9. The highest BCUT2D eigenvalue weighted by Crippen LogP contribution is 2.25. The lowest BCUT2D eigenvalue weighted by molar-refractivity contribution is -0.157. The number of benzene rings is 1.